The van der Waals surface area contributed by atoms with Gasteiger partial charge in [0.15, 0.2) is 9.84 Å². The minimum absolute atomic E-state index is 0.108. The summed E-state index contributed by atoms with van der Waals surface area (Å²) in [5.41, 5.74) is 1.23. The molecule has 7 heteroatoms. The molecule has 1 aliphatic rings. The van der Waals surface area contributed by atoms with Crippen LogP contribution >= 0.6 is 0 Å². The number of aromatic nitrogens is 2. The molecule has 2 heterocycles. The number of hydrogen-bond donors (Lipinski definition) is 1. The lowest BCUT2D eigenvalue weighted by Gasteiger charge is -2.16. The highest BCUT2D eigenvalue weighted by Crippen LogP contribution is 2.20. The molecular formula is C10H12N2O4S. The first-order valence-corrected chi connectivity index (χ1v) is 6.99. The zero-order chi connectivity index (χ0) is 12.6. The van der Waals surface area contributed by atoms with Crippen molar-refractivity contribution in [2.24, 2.45) is 0 Å². The topological polar surface area (TPSA) is 97.2 Å². The van der Waals surface area contributed by atoms with Crippen molar-refractivity contribution in [1.29, 1.82) is 0 Å². The Morgan fingerprint density at radius 2 is 2.24 bits per heavy atom. The fraction of sp³-hybridized carbons (Fsp3) is 0.500. The number of rotatable bonds is 2. The number of carboxylic acid groups (broad SMARTS) is 1. The van der Waals surface area contributed by atoms with Crippen molar-refractivity contribution in [2.75, 3.05) is 5.75 Å². The minimum Gasteiger partial charge on any atom is -0.481 e. The third-order valence-corrected chi connectivity index (χ3v) is 4.31. The lowest BCUT2D eigenvalue weighted by Crippen LogP contribution is -2.22. The zero-order valence-corrected chi connectivity index (χ0v) is 10.1. The third kappa shape index (κ3) is 2.44. The molecule has 1 N–H and O–H groups in total. The number of carbonyl (C=O) groups is 1. The molecule has 6 nitrogen and oxygen atoms in total. The first kappa shape index (κ1) is 12.0. The van der Waals surface area contributed by atoms with Gasteiger partial charge in [-0.2, -0.15) is 0 Å². The van der Waals surface area contributed by atoms with Gasteiger partial charge in [0, 0.05) is 6.20 Å². The standard InChI is InChI=1S/C10H12N2O4S/c1-6(10(13)14)9-11-4-7-2-3-17(15,16)5-8(7)12-9/h4,6H,2-3,5H2,1H3,(H,13,14). The molecule has 1 aliphatic heterocycles. The number of hydrogen-bond acceptors (Lipinski definition) is 5. The predicted molar refractivity (Wildman–Crippen MR) is 59.3 cm³/mol. The van der Waals surface area contributed by atoms with E-state index < -0.39 is 21.7 Å². The molecule has 0 saturated carbocycles. The van der Waals surface area contributed by atoms with Gasteiger partial charge in [-0.15, -0.1) is 0 Å². The van der Waals surface area contributed by atoms with Crippen LogP contribution in [0.2, 0.25) is 0 Å². The Hall–Kier alpha value is -1.50. The molecule has 0 aliphatic carbocycles. The van der Waals surface area contributed by atoms with Crippen LogP contribution in [0.1, 0.15) is 29.9 Å². The number of fused-ring (bicyclic) bond motifs is 1. The van der Waals surface area contributed by atoms with Crippen LogP contribution in [0.4, 0.5) is 0 Å². The van der Waals surface area contributed by atoms with E-state index in [4.69, 9.17) is 5.11 Å². The van der Waals surface area contributed by atoms with E-state index in [1.165, 1.54) is 13.1 Å². The lowest BCUT2D eigenvalue weighted by atomic mass is 10.1. The largest absolute Gasteiger partial charge is 0.481 e. The fourth-order valence-corrected chi connectivity index (χ4v) is 3.00. The summed E-state index contributed by atoms with van der Waals surface area (Å²) in [5.74, 6) is -1.71. The molecule has 1 unspecified atom stereocenters. The van der Waals surface area contributed by atoms with E-state index in [2.05, 4.69) is 9.97 Å². The summed E-state index contributed by atoms with van der Waals surface area (Å²) in [4.78, 5) is 18.8. The predicted octanol–water partition coefficient (Wildman–Crippen LogP) is 0.136. The highest BCUT2D eigenvalue weighted by molar-refractivity contribution is 7.90. The first-order valence-electron chi connectivity index (χ1n) is 5.17. The average molecular weight is 256 g/mol. The molecule has 0 saturated heterocycles. The molecule has 0 aromatic carbocycles. The average Bonchev–Trinajstić information content (AvgIpc) is 2.25. The van der Waals surface area contributed by atoms with Gasteiger partial charge in [0.25, 0.3) is 0 Å². The van der Waals surface area contributed by atoms with Crippen LogP contribution in [-0.4, -0.2) is 35.2 Å². The quantitative estimate of drug-likeness (QED) is 0.808. The summed E-state index contributed by atoms with van der Waals surface area (Å²) in [6.45, 7) is 1.47. The number of sulfone groups is 1. The van der Waals surface area contributed by atoms with Crippen molar-refractivity contribution in [2.45, 2.75) is 25.0 Å². The molecule has 0 amide bonds. The molecule has 0 fully saturated rings. The molecule has 2 rings (SSSR count). The number of aliphatic carboxylic acids is 1. The molecule has 0 bridgehead atoms. The number of nitrogens with zero attached hydrogens (tertiary/aromatic N) is 2. The van der Waals surface area contributed by atoms with Crippen LogP contribution in [0.5, 0.6) is 0 Å². The van der Waals surface area contributed by atoms with E-state index in [0.29, 0.717) is 12.1 Å². The molecule has 1 aromatic rings. The first-order chi connectivity index (χ1) is 7.89. The summed E-state index contributed by atoms with van der Waals surface area (Å²) in [5, 5.41) is 8.84. The van der Waals surface area contributed by atoms with Gasteiger partial charge in [-0.25, -0.2) is 18.4 Å². The second-order valence-electron chi connectivity index (χ2n) is 4.10. The Bertz CT molecular complexity index is 568. The molecule has 1 aromatic heterocycles. The highest BCUT2D eigenvalue weighted by atomic mass is 32.2. The Balaban J connectivity index is 2.40. The summed E-state index contributed by atoms with van der Waals surface area (Å²) in [6, 6.07) is 0. The summed E-state index contributed by atoms with van der Waals surface area (Å²) in [7, 11) is -3.10. The van der Waals surface area contributed by atoms with Crippen molar-refractivity contribution in [3.63, 3.8) is 0 Å². The van der Waals surface area contributed by atoms with Crippen molar-refractivity contribution in [1.82, 2.24) is 9.97 Å². The second kappa shape index (κ2) is 4.06. The third-order valence-electron chi connectivity index (χ3n) is 2.77. The van der Waals surface area contributed by atoms with Gasteiger partial charge in [0.2, 0.25) is 0 Å². The van der Waals surface area contributed by atoms with Crippen molar-refractivity contribution in [3.05, 3.63) is 23.3 Å². The van der Waals surface area contributed by atoms with Crippen molar-refractivity contribution < 1.29 is 18.3 Å². The molecular weight excluding hydrogens is 244 g/mol. The van der Waals surface area contributed by atoms with Gasteiger partial charge < -0.3 is 5.11 Å². The zero-order valence-electron chi connectivity index (χ0n) is 9.25. The van der Waals surface area contributed by atoms with Crippen molar-refractivity contribution >= 4 is 15.8 Å². The number of carboxylic acids is 1. The maximum atomic E-state index is 11.5. The maximum absolute atomic E-state index is 11.5. The van der Waals surface area contributed by atoms with Crippen LogP contribution in [0.25, 0.3) is 0 Å². The summed E-state index contributed by atoms with van der Waals surface area (Å²) < 4.78 is 22.9. The van der Waals surface area contributed by atoms with Gasteiger partial charge >= 0.3 is 5.97 Å². The summed E-state index contributed by atoms with van der Waals surface area (Å²) in [6.07, 6.45) is 1.94. The van der Waals surface area contributed by atoms with E-state index in [9.17, 15) is 13.2 Å². The Kier molecular flexibility index (Phi) is 2.86. The summed E-state index contributed by atoms with van der Waals surface area (Å²) >= 11 is 0. The van der Waals surface area contributed by atoms with Crippen molar-refractivity contribution in [3.8, 4) is 0 Å². The fourth-order valence-electron chi connectivity index (χ4n) is 1.66. The van der Waals surface area contributed by atoms with Gasteiger partial charge in [-0.3, -0.25) is 4.79 Å². The van der Waals surface area contributed by atoms with Gasteiger partial charge in [-0.1, -0.05) is 0 Å². The molecule has 92 valence electrons. The van der Waals surface area contributed by atoms with E-state index in [0.717, 1.165) is 5.56 Å². The van der Waals surface area contributed by atoms with Crippen LogP contribution in [0.3, 0.4) is 0 Å². The van der Waals surface area contributed by atoms with Gasteiger partial charge in [-0.05, 0) is 18.9 Å². The Morgan fingerprint density at radius 3 is 2.88 bits per heavy atom. The van der Waals surface area contributed by atoms with E-state index in [-0.39, 0.29) is 17.3 Å². The molecule has 0 spiro atoms. The van der Waals surface area contributed by atoms with Gasteiger partial charge in [0.05, 0.1) is 17.2 Å². The molecule has 1 atom stereocenters. The Morgan fingerprint density at radius 1 is 1.53 bits per heavy atom. The normalized spacial score (nSPS) is 19.4. The van der Waals surface area contributed by atoms with Crippen LogP contribution in [0, 0.1) is 0 Å². The van der Waals surface area contributed by atoms with Gasteiger partial charge in [0.1, 0.15) is 11.7 Å². The lowest BCUT2D eigenvalue weighted by molar-refractivity contribution is -0.138. The van der Waals surface area contributed by atoms with E-state index >= 15 is 0 Å². The van der Waals surface area contributed by atoms with Crippen LogP contribution in [-0.2, 0) is 26.8 Å². The maximum Gasteiger partial charge on any atom is 0.313 e. The Labute approximate surface area is 98.6 Å². The molecule has 17 heavy (non-hydrogen) atoms. The number of aryl methyl sites for hydroxylation is 1. The second-order valence-corrected chi connectivity index (χ2v) is 6.29. The molecule has 0 radical (unpaired) electrons. The van der Waals surface area contributed by atoms with Crippen LogP contribution < -0.4 is 0 Å². The smallest absolute Gasteiger partial charge is 0.313 e. The van der Waals surface area contributed by atoms with E-state index in [1.54, 1.807) is 0 Å². The SMILES string of the molecule is CC(C(=O)O)c1ncc2c(n1)CS(=O)(=O)CC2. The highest BCUT2D eigenvalue weighted by Gasteiger charge is 2.25. The van der Waals surface area contributed by atoms with E-state index in [1.807, 2.05) is 0 Å². The monoisotopic (exact) mass is 256 g/mol. The minimum atomic E-state index is -3.10. The van der Waals surface area contributed by atoms with Crippen LogP contribution in [0.15, 0.2) is 6.20 Å².